The summed E-state index contributed by atoms with van der Waals surface area (Å²) in [6, 6.07) is 12.6. The van der Waals surface area contributed by atoms with Crippen LogP contribution >= 0.6 is 0 Å². The average Bonchev–Trinajstić information content (AvgIpc) is 2.55. The number of nitrogens with zero attached hydrogens (tertiary/aromatic N) is 1. The molecular formula is C17H15FN2O2. The highest BCUT2D eigenvalue weighted by molar-refractivity contribution is 5.97. The molecule has 1 N–H and O–H groups in total. The van der Waals surface area contributed by atoms with Gasteiger partial charge in [-0.3, -0.25) is 4.79 Å². The fourth-order valence-electron chi connectivity index (χ4n) is 1.70. The van der Waals surface area contributed by atoms with E-state index in [0.29, 0.717) is 23.5 Å². The molecule has 0 aliphatic carbocycles. The van der Waals surface area contributed by atoms with Gasteiger partial charge in [0.2, 0.25) is 0 Å². The number of para-hydroxylation sites is 1. The first-order valence-electron chi connectivity index (χ1n) is 6.62. The molecule has 0 heterocycles. The Labute approximate surface area is 127 Å². The Balaban J connectivity index is 2.03. The number of rotatable bonds is 6. The molecule has 0 aliphatic heterocycles. The maximum atomic E-state index is 12.8. The van der Waals surface area contributed by atoms with Crippen LogP contribution in [0, 0.1) is 5.82 Å². The van der Waals surface area contributed by atoms with Crippen LogP contribution in [0.4, 0.5) is 4.39 Å². The number of carbonyl (C=O) groups excluding carboxylic acids is 1. The summed E-state index contributed by atoms with van der Waals surface area (Å²) >= 11 is 0. The first kappa shape index (κ1) is 15.4. The molecule has 0 aromatic heterocycles. The topological polar surface area (TPSA) is 50.7 Å². The number of halogens is 1. The van der Waals surface area contributed by atoms with Gasteiger partial charge in [-0.15, -0.1) is 0 Å². The van der Waals surface area contributed by atoms with Crippen molar-refractivity contribution in [2.45, 2.75) is 0 Å². The highest BCUT2D eigenvalue weighted by atomic mass is 19.1. The molecule has 5 heteroatoms. The van der Waals surface area contributed by atoms with E-state index in [1.165, 1.54) is 18.3 Å². The number of hydrogen-bond acceptors (Lipinski definition) is 3. The van der Waals surface area contributed by atoms with Crippen LogP contribution in [0.15, 0.2) is 66.3 Å². The van der Waals surface area contributed by atoms with E-state index in [1.807, 2.05) is 0 Å². The number of amides is 1. The third kappa shape index (κ3) is 4.28. The lowest BCUT2D eigenvalue weighted by atomic mass is 10.2. The molecule has 0 spiro atoms. The highest BCUT2D eigenvalue weighted by Crippen LogP contribution is 2.17. The number of hydrogen-bond donors (Lipinski definition) is 1. The zero-order chi connectivity index (χ0) is 15.8. The van der Waals surface area contributed by atoms with E-state index in [1.54, 1.807) is 42.5 Å². The van der Waals surface area contributed by atoms with Crippen molar-refractivity contribution >= 4 is 12.1 Å². The Morgan fingerprint density at radius 1 is 1.23 bits per heavy atom. The first-order chi connectivity index (χ1) is 10.7. The fourth-order valence-corrected chi connectivity index (χ4v) is 1.70. The molecule has 0 radical (unpaired) electrons. The number of ether oxygens (including phenoxy) is 1. The Morgan fingerprint density at radius 2 is 1.95 bits per heavy atom. The van der Waals surface area contributed by atoms with Crippen LogP contribution in [-0.4, -0.2) is 18.7 Å². The molecule has 0 aliphatic rings. The molecule has 1 amide bonds. The SMILES string of the molecule is C=CCOc1ccccc1C(=O)NN=Cc1ccc(F)cc1. The van der Waals surface area contributed by atoms with Gasteiger partial charge in [0.15, 0.2) is 0 Å². The highest BCUT2D eigenvalue weighted by Gasteiger charge is 2.10. The molecule has 0 saturated heterocycles. The van der Waals surface area contributed by atoms with Gasteiger partial charge in [-0.1, -0.05) is 36.9 Å². The van der Waals surface area contributed by atoms with Crippen LogP contribution in [-0.2, 0) is 0 Å². The molecule has 2 aromatic rings. The second kappa shape index (κ2) is 7.73. The van der Waals surface area contributed by atoms with Crippen molar-refractivity contribution in [1.82, 2.24) is 5.43 Å². The maximum absolute atomic E-state index is 12.8. The molecule has 22 heavy (non-hydrogen) atoms. The van der Waals surface area contributed by atoms with Gasteiger partial charge < -0.3 is 4.74 Å². The van der Waals surface area contributed by atoms with E-state index >= 15 is 0 Å². The van der Waals surface area contributed by atoms with E-state index in [2.05, 4.69) is 17.1 Å². The molecule has 4 nitrogen and oxygen atoms in total. The quantitative estimate of drug-likeness (QED) is 0.506. The van der Waals surface area contributed by atoms with Crippen LogP contribution in [0.1, 0.15) is 15.9 Å². The second-order valence-electron chi connectivity index (χ2n) is 4.35. The number of carbonyl (C=O) groups is 1. The van der Waals surface area contributed by atoms with Gasteiger partial charge >= 0.3 is 0 Å². The Morgan fingerprint density at radius 3 is 2.68 bits per heavy atom. The fraction of sp³-hybridized carbons (Fsp3) is 0.0588. The smallest absolute Gasteiger partial charge is 0.275 e. The minimum Gasteiger partial charge on any atom is -0.489 e. The minimum absolute atomic E-state index is 0.309. The number of benzene rings is 2. The minimum atomic E-state index is -0.391. The average molecular weight is 298 g/mol. The lowest BCUT2D eigenvalue weighted by Gasteiger charge is -2.08. The number of hydrazone groups is 1. The summed E-state index contributed by atoms with van der Waals surface area (Å²) in [5.41, 5.74) is 3.46. The molecule has 0 bridgehead atoms. The predicted octanol–water partition coefficient (Wildman–Crippen LogP) is 3.15. The van der Waals surface area contributed by atoms with Gasteiger partial charge in [-0.25, -0.2) is 9.82 Å². The molecule has 0 unspecified atom stereocenters. The van der Waals surface area contributed by atoms with Crippen LogP contribution in [0.25, 0.3) is 0 Å². The van der Waals surface area contributed by atoms with E-state index in [0.717, 1.165) is 0 Å². The third-order valence-electron chi connectivity index (χ3n) is 2.74. The zero-order valence-electron chi connectivity index (χ0n) is 11.8. The normalized spacial score (nSPS) is 10.4. The van der Waals surface area contributed by atoms with Crippen LogP contribution in [0.3, 0.4) is 0 Å². The zero-order valence-corrected chi connectivity index (χ0v) is 11.8. The summed E-state index contributed by atoms with van der Waals surface area (Å²) in [7, 11) is 0. The van der Waals surface area contributed by atoms with Gasteiger partial charge in [-0.05, 0) is 29.8 Å². The summed E-state index contributed by atoms with van der Waals surface area (Å²) in [6.45, 7) is 3.87. The molecular weight excluding hydrogens is 283 g/mol. The summed E-state index contributed by atoms with van der Waals surface area (Å²) in [5, 5.41) is 3.85. The standard InChI is InChI=1S/C17H15FN2O2/c1-2-11-22-16-6-4-3-5-15(16)17(21)20-19-12-13-7-9-14(18)10-8-13/h2-10,12H,1,11H2,(H,20,21). The Bertz CT molecular complexity index is 681. The van der Waals surface area contributed by atoms with E-state index < -0.39 is 5.91 Å². The van der Waals surface area contributed by atoms with Gasteiger partial charge in [0.25, 0.3) is 5.91 Å². The summed E-state index contributed by atoms with van der Waals surface area (Å²) < 4.78 is 18.2. The van der Waals surface area contributed by atoms with Crippen molar-refractivity contribution in [3.05, 3.63) is 78.1 Å². The van der Waals surface area contributed by atoms with Crippen LogP contribution < -0.4 is 10.2 Å². The van der Waals surface area contributed by atoms with Gasteiger partial charge in [-0.2, -0.15) is 5.10 Å². The molecule has 112 valence electrons. The lowest BCUT2D eigenvalue weighted by molar-refractivity contribution is 0.0951. The maximum Gasteiger partial charge on any atom is 0.275 e. The Kier molecular flexibility index (Phi) is 5.43. The third-order valence-corrected chi connectivity index (χ3v) is 2.74. The molecule has 2 rings (SSSR count). The van der Waals surface area contributed by atoms with Crippen molar-refractivity contribution in [3.8, 4) is 5.75 Å². The Hall–Kier alpha value is -2.95. The summed E-state index contributed by atoms with van der Waals surface area (Å²) in [4.78, 5) is 12.1. The summed E-state index contributed by atoms with van der Waals surface area (Å²) in [5.74, 6) is -0.260. The van der Waals surface area contributed by atoms with Gasteiger partial charge in [0.05, 0.1) is 11.8 Å². The monoisotopic (exact) mass is 298 g/mol. The molecule has 0 fully saturated rings. The second-order valence-corrected chi connectivity index (χ2v) is 4.35. The molecule has 0 atom stereocenters. The molecule has 2 aromatic carbocycles. The largest absolute Gasteiger partial charge is 0.489 e. The van der Waals surface area contributed by atoms with E-state index in [-0.39, 0.29) is 5.82 Å². The van der Waals surface area contributed by atoms with Crippen molar-refractivity contribution in [2.24, 2.45) is 5.10 Å². The van der Waals surface area contributed by atoms with Crippen molar-refractivity contribution < 1.29 is 13.9 Å². The predicted molar refractivity (Wildman–Crippen MR) is 83.6 cm³/mol. The van der Waals surface area contributed by atoms with E-state index in [9.17, 15) is 9.18 Å². The lowest BCUT2D eigenvalue weighted by Crippen LogP contribution is -2.18. The van der Waals surface area contributed by atoms with Crippen molar-refractivity contribution in [2.75, 3.05) is 6.61 Å². The van der Waals surface area contributed by atoms with Crippen molar-refractivity contribution in [1.29, 1.82) is 0 Å². The number of nitrogens with one attached hydrogen (secondary N) is 1. The first-order valence-corrected chi connectivity index (χ1v) is 6.62. The van der Waals surface area contributed by atoms with Gasteiger partial charge in [0, 0.05) is 0 Å². The summed E-state index contributed by atoms with van der Waals surface area (Å²) in [6.07, 6.45) is 3.03. The van der Waals surface area contributed by atoms with Gasteiger partial charge in [0.1, 0.15) is 18.2 Å². The molecule has 0 saturated carbocycles. The van der Waals surface area contributed by atoms with Crippen molar-refractivity contribution in [3.63, 3.8) is 0 Å². The van der Waals surface area contributed by atoms with E-state index in [4.69, 9.17) is 4.74 Å². The van der Waals surface area contributed by atoms with Crippen LogP contribution in [0.5, 0.6) is 5.75 Å². The van der Waals surface area contributed by atoms with Crippen LogP contribution in [0.2, 0.25) is 0 Å².